The number of anilines is 1. The van der Waals surface area contributed by atoms with Gasteiger partial charge in [0, 0.05) is 11.6 Å². The number of benzene rings is 3. The Morgan fingerprint density at radius 3 is 2.29 bits per heavy atom. The minimum atomic E-state index is -4.51. The molecule has 0 heterocycles. The van der Waals surface area contributed by atoms with Crippen molar-refractivity contribution in [3.8, 4) is 16.9 Å². The maximum Gasteiger partial charge on any atom is 0.337 e. The number of halogens is 3. The molecule has 0 amide bonds. The lowest BCUT2D eigenvalue weighted by molar-refractivity contribution is 0.0600. The largest absolute Gasteiger partial charge is 0.494 e. The van der Waals surface area contributed by atoms with Gasteiger partial charge in [0.15, 0.2) is 5.75 Å². The van der Waals surface area contributed by atoms with Gasteiger partial charge in [0.25, 0.3) is 10.0 Å². The van der Waals surface area contributed by atoms with Crippen molar-refractivity contribution in [2.45, 2.75) is 4.90 Å². The summed E-state index contributed by atoms with van der Waals surface area (Å²) in [5.41, 5.74) is -0.234. The first-order valence-electron chi connectivity index (χ1n) is 8.71. The van der Waals surface area contributed by atoms with Crippen LogP contribution in [-0.4, -0.2) is 28.6 Å². The number of nitrogens with one attached hydrogen (secondary N) is 1. The Bertz CT molecular complexity index is 1250. The standard InChI is InChI=1S/C21H16ClF2NO5S/c1-29-20-15(22)8-13(21(26)30-2)9-19(20)31(27,28)25-18-10-14(16(23)11-17(18)24)12-6-4-3-5-7-12/h3-11,25H,1-2H3. The zero-order valence-corrected chi connectivity index (χ0v) is 17.9. The first-order chi connectivity index (χ1) is 14.7. The lowest BCUT2D eigenvalue weighted by Gasteiger charge is -2.15. The summed E-state index contributed by atoms with van der Waals surface area (Å²) in [6, 6.07) is 12.0. The normalized spacial score (nSPS) is 11.1. The third-order valence-electron chi connectivity index (χ3n) is 4.31. The molecule has 3 aromatic rings. The van der Waals surface area contributed by atoms with E-state index >= 15 is 0 Å². The zero-order valence-electron chi connectivity index (χ0n) is 16.3. The second-order valence-corrected chi connectivity index (χ2v) is 8.32. The molecule has 0 saturated carbocycles. The summed E-state index contributed by atoms with van der Waals surface area (Å²) in [6.45, 7) is 0. The van der Waals surface area contributed by atoms with Gasteiger partial charge in [0.2, 0.25) is 0 Å². The van der Waals surface area contributed by atoms with Crippen LogP contribution in [0.4, 0.5) is 14.5 Å². The lowest BCUT2D eigenvalue weighted by Crippen LogP contribution is -2.16. The number of carbonyl (C=O) groups is 1. The number of rotatable bonds is 6. The van der Waals surface area contributed by atoms with E-state index in [1.165, 1.54) is 13.2 Å². The molecule has 0 fully saturated rings. The lowest BCUT2D eigenvalue weighted by atomic mass is 10.0. The molecule has 0 saturated heterocycles. The molecular weight excluding hydrogens is 452 g/mol. The van der Waals surface area contributed by atoms with Gasteiger partial charge in [-0.3, -0.25) is 4.72 Å². The van der Waals surface area contributed by atoms with Crippen LogP contribution in [0.1, 0.15) is 10.4 Å². The van der Waals surface area contributed by atoms with E-state index < -0.39 is 38.2 Å². The van der Waals surface area contributed by atoms with Crippen molar-refractivity contribution in [3.63, 3.8) is 0 Å². The molecule has 10 heteroatoms. The van der Waals surface area contributed by atoms with Gasteiger partial charge in [-0.15, -0.1) is 0 Å². The van der Waals surface area contributed by atoms with Crippen LogP contribution in [-0.2, 0) is 14.8 Å². The van der Waals surface area contributed by atoms with Crippen LogP contribution < -0.4 is 9.46 Å². The quantitative estimate of drug-likeness (QED) is 0.522. The van der Waals surface area contributed by atoms with Crippen molar-refractivity contribution >= 4 is 33.3 Å². The molecule has 0 atom stereocenters. The highest BCUT2D eigenvalue weighted by atomic mass is 35.5. The number of methoxy groups -OCH3 is 2. The molecule has 1 N–H and O–H groups in total. The number of ether oxygens (including phenoxy) is 2. The highest BCUT2D eigenvalue weighted by Gasteiger charge is 2.26. The molecule has 0 spiro atoms. The Morgan fingerprint density at radius 1 is 1.00 bits per heavy atom. The van der Waals surface area contributed by atoms with Crippen molar-refractivity contribution in [3.05, 3.63) is 76.8 Å². The summed E-state index contributed by atoms with van der Waals surface area (Å²) in [5, 5.41) is -0.171. The smallest absolute Gasteiger partial charge is 0.337 e. The van der Waals surface area contributed by atoms with E-state index in [2.05, 4.69) is 9.46 Å². The van der Waals surface area contributed by atoms with Gasteiger partial charge in [0.1, 0.15) is 16.5 Å². The molecule has 0 unspecified atom stereocenters. The van der Waals surface area contributed by atoms with E-state index in [4.69, 9.17) is 16.3 Å². The number of hydrogen-bond donors (Lipinski definition) is 1. The number of hydrogen-bond acceptors (Lipinski definition) is 5. The number of carbonyl (C=O) groups excluding carboxylic acids is 1. The first-order valence-corrected chi connectivity index (χ1v) is 10.6. The molecule has 0 aromatic heterocycles. The van der Waals surface area contributed by atoms with Crippen molar-refractivity contribution < 1.29 is 31.5 Å². The summed E-state index contributed by atoms with van der Waals surface area (Å²) in [7, 11) is -2.21. The van der Waals surface area contributed by atoms with E-state index in [1.54, 1.807) is 30.3 Å². The second-order valence-electron chi connectivity index (χ2n) is 6.26. The Hall–Kier alpha value is -3.17. The van der Waals surface area contributed by atoms with Crippen LogP contribution in [0.15, 0.2) is 59.5 Å². The molecular formula is C21H16ClF2NO5S. The molecule has 162 valence electrons. The van der Waals surface area contributed by atoms with Gasteiger partial charge in [0.05, 0.1) is 30.5 Å². The molecule has 0 radical (unpaired) electrons. The summed E-state index contributed by atoms with van der Waals surface area (Å²) in [5.74, 6) is -3.08. The van der Waals surface area contributed by atoms with Gasteiger partial charge in [-0.1, -0.05) is 41.9 Å². The zero-order chi connectivity index (χ0) is 22.8. The maximum atomic E-state index is 14.4. The highest BCUT2D eigenvalue weighted by Crippen LogP contribution is 2.36. The summed E-state index contributed by atoms with van der Waals surface area (Å²) in [6.07, 6.45) is 0. The van der Waals surface area contributed by atoms with Crippen LogP contribution >= 0.6 is 11.6 Å². The van der Waals surface area contributed by atoms with Gasteiger partial charge >= 0.3 is 5.97 Å². The predicted octanol–water partition coefficient (Wildman–Crippen LogP) is 4.88. The van der Waals surface area contributed by atoms with Crippen LogP contribution in [0, 0.1) is 11.6 Å². The van der Waals surface area contributed by atoms with Gasteiger partial charge < -0.3 is 9.47 Å². The summed E-state index contributed by atoms with van der Waals surface area (Å²) in [4.78, 5) is 11.3. The van der Waals surface area contributed by atoms with E-state index in [1.807, 2.05) is 0 Å². The Morgan fingerprint density at radius 2 is 1.68 bits per heavy atom. The molecule has 31 heavy (non-hydrogen) atoms. The fraction of sp³-hybridized carbons (Fsp3) is 0.0952. The van der Waals surface area contributed by atoms with Crippen molar-refractivity contribution in [2.75, 3.05) is 18.9 Å². The summed E-state index contributed by atoms with van der Waals surface area (Å²) >= 11 is 6.05. The van der Waals surface area contributed by atoms with Gasteiger partial charge in [-0.2, -0.15) is 0 Å². The monoisotopic (exact) mass is 467 g/mol. The molecule has 0 aliphatic carbocycles. The minimum Gasteiger partial charge on any atom is -0.494 e. The van der Waals surface area contributed by atoms with Crippen molar-refractivity contribution in [1.82, 2.24) is 0 Å². The number of esters is 1. The average molecular weight is 468 g/mol. The molecule has 6 nitrogen and oxygen atoms in total. The molecule has 0 aliphatic rings. The number of sulfonamides is 1. The van der Waals surface area contributed by atoms with E-state index in [-0.39, 0.29) is 21.9 Å². The fourth-order valence-corrected chi connectivity index (χ4v) is 4.50. The minimum absolute atomic E-state index is 0.00647. The van der Waals surface area contributed by atoms with Crippen LogP contribution in [0.5, 0.6) is 5.75 Å². The Kier molecular flexibility index (Phi) is 6.47. The van der Waals surface area contributed by atoms with Crippen LogP contribution in [0.25, 0.3) is 11.1 Å². The molecule has 3 rings (SSSR count). The first kappa shape index (κ1) is 22.5. The van der Waals surface area contributed by atoms with Crippen molar-refractivity contribution in [1.29, 1.82) is 0 Å². The van der Waals surface area contributed by atoms with Crippen LogP contribution in [0.3, 0.4) is 0 Å². The highest BCUT2D eigenvalue weighted by molar-refractivity contribution is 7.92. The van der Waals surface area contributed by atoms with Crippen molar-refractivity contribution in [2.24, 2.45) is 0 Å². The van der Waals surface area contributed by atoms with Gasteiger partial charge in [-0.05, 0) is 23.8 Å². The summed E-state index contributed by atoms with van der Waals surface area (Å²) < 4.78 is 66.5. The van der Waals surface area contributed by atoms with E-state index in [0.717, 1.165) is 19.2 Å². The molecule has 0 aliphatic heterocycles. The van der Waals surface area contributed by atoms with E-state index in [0.29, 0.717) is 11.6 Å². The fourth-order valence-electron chi connectivity index (χ4n) is 2.87. The van der Waals surface area contributed by atoms with Gasteiger partial charge in [-0.25, -0.2) is 22.0 Å². The average Bonchev–Trinajstić information content (AvgIpc) is 2.75. The maximum absolute atomic E-state index is 14.4. The van der Waals surface area contributed by atoms with Crippen LogP contribution in [0.2, 0.25) is 5.02 Å². The third kappa shape index (κ3) is 4.62. The topological polar surface area (TPSA) is 81.7 Å². The predicted molar refractivity (Wildman–Crippen MR) is 112 cm³/mol. The third-order valence-corrected chi connectivity index (χ3v) is 5.96. The Balaban J connectivity index is 2.11. The Labute approximate surface area is 182 Å². The molecule has 3 aromatic carbocycles. The SMILES string of the molecule is COC(=O)c1cc(Cl)c(OC)c(S(=O)(=O)Nc2cc(-c3ccccc3)c(F)cc2F)c1. The molecule has 0 bridgehead atoms. The van der Waals surface area contributed by atoms with E-state index in [9.17, 15) is 22.0 Å². The second kappa shape index (κ2) is 8.91.